The molecule has 6 heteroatoms. The van der Waals surface area contributed by atoms with E-state index in [9.17, 15) is 9.90 Å². The summed E-state index contributed by atoms with van der Waals surface area (Å²) in [5, 5.41) is 13.8. The molecule has 1 aliphatic rings. The summed E-state index contributed by atoms with van der Waals surface area (Å²) >= 11 is 0. The zero-order valence-electron chi connectivity index (χ0n) is 13.2. The average molecular weight is 315 g/mol. The van der Waals surface area contributed by atoms with Gasteiger partial charge in [0.15, 0.2) is 11.4 Å². The lowest BCUT2D eigenvalue weighted by Gasteiger charge is -2.28. The van der Waals surface area contributed by atoms with Crippen LogP contribution in [0.15, 0.2) is 36.5 Å². The molecule has 0 radical (unpaired) electrons. The molecular weight excluding hydrogens is 294 g/mol. The minimum atomic E-state index is -1.01. The van der Waals surface area contributed by atoms with E-state index in [1.54, 1.807) is 16.8 Å². The Morgan fingerprint density at radius 2 is 2.00 bits per heavy atom. The Bertz CT molecular complexity index is 661. The van der Waals surface area contributed by atoms with Crippen molar-refractivity contribution >= 4 is 5.97 Å². The van der Waals surface area contributed by atoms with Gasteiger partial charge < -0.3 is 14.7 Å². The molecule has 2 heterocycles. The lowest BCUT2D eigenvalue weighted by molar-refractivity contribution is 0.0677. The van der Waals surface area contributed by atoms with Crippen LogP contribution < -0.4 is 4.74 Å². The van der Waals surface area contributed by atoms with Gasteiger partial charge in [0.1, 0.15) is 5.75 Å². The highest BCUT2D eigenvalue weighted by atomic mass is 16.5. The number of carbonyl (C=O) groups is 1. The van der Waals surface area contributed by atoms with Crippen molar-refractivity contribution in [3.05, 3.63) is 42.2 Å². The number of ether oxygens (including phenoxy) is 1. The van der Waals surface area contributed by atoms with Gasteiger partial charge in [-0.15, -0.1) is 0 Å². The molecule has 1 fully saturated rings. The van der Waals surface area contributed by atoms with E-state index in [0.717, 1.165) is 25.9 Å². The van der Waals surface area contributed by atoms with Crippen molar-refractivity contribution in [2.75, 3.05) is 20.1 Å². The van der Waals surface area contributed by atoms with Gasteiger partial charge in [0.2, 0.25) is 0 Å². The third-order valence-corrected chi connectivity index (χ3v) is 4.25. The summed E-state index contributed by atoms with van der Waals surface area (Å²) in [5.74, 6) is 0.334. The predicted molar refractivity (Wildman–Crippen MR) is 85.9 cm³/mol. The number of para-hydroxylation sites is 1. The maximum atomic E-state index is 11.6. The van der Waals surface area contributed by atoms with Crippen molar-refractivity contribution in [1.82, 2.24) is 14.7 Å². The van der Waals surface area contributed by atoms with Crippen LogP contribution in [0.2, 0.25) is 0 Å². The standard InChI is InChI=1S/C17H21N3O3/c1-19-9-7-13(8-10-19)12-20-16(17(21)22)15(11-18-20)23-14-5-3-2-4-6-14/h2-6,11,13H,7-10,12H2,1H3,(H,21,22). The first-order valence-corrected chi connectivity index (χ1v) is 7.84. The molecule has 0 bridgehead atoms. The van der Waals surface area contributed by atoms with Crippen molar-refractivity contribution in [3.63, 3.8) is 0 Å². The fourth-order valence-electron chi connectivity index (χ4n) is 2.90. The van der Waals surface area contributed by atoms with Crippen LogP contribution in [0, 0.1) is 5.92 Å². The molecular formula is C17H21N3O3. The highest BCUT2D eigenvalue weighted by molar-refractivity contribution is 5.88. The average Bonchev–Trinajstić information content (AvgIpc) is 2.93. The Hall–Kier alpha value is -2.34. The third kappa shape index (κ3) is 3.71. The van der Waals surface area contributed by atoms with E-state index in [2.05, 4.69) is 17.0 Å². The molecule has 1 aromatic heterocycles. The minimum Gasteiger partial charge on any atom is -0.476 e. The van der Waals surface area contributed by atoms with E-state index in [0.29, 0.717) is 18.2 Å². The van der Waals surface area contributed by atoms with Crippen molar-refractivity contribution in [3.8, 4) is 11.5 Å². The summed E-state index contributed by atoms with van der Waals surface area (Å²) in [6, 6.07) is 9.16. The van der Waals surface area contributed by atoms with E-state index in [-0.39, 0.29) is 11.4 Å². The zero-order chi connectivity index (χ0) is 16.2. The summed E-state index contributed by atoms with van der Waals surface area (Å²) in [7, 11) is 2.11. The van der Waals surface area contributed by atoms with Crippen LogP contribution in [0.3, 0.4) is 0 Å². The molecule has 3 rings (SSSR count). The van der Waals surface area contributed by atoms with Gasteiger partial charge in [-0.1, -0.05) is 18.2 Å². The van der Waals surface area contributed by atoms with Crippen molar-refractivity contribution in [1.29, 1.82) is 0 Å². The van der Waals surface area contributed by atoms with Crippen LogP contribution in [0.1, 0.15) is 23.3 Å². The van der Waals surface area contributed by atoms with Gasteiger partial charge in [-0.3, -0.25) is 4.68 Å². The number of piperidine rings is 1. The highest BCUT2D eigenvalue weighted by Gasteiger charge is 2.24. The fourth-order valence-corrected chi connectivity index (χ4v) is 2.90. The first-order chi connectivity index (χ1) is 11.1. The van der Waals surface area contributed by atoms with Gasteiger partial charge in [0, 0.05) is 6.54 Å². The Kier molecular flexibility index (Phi) is 4.62. The monoisotopic (exact) mass is 315 g/mol. The normalized spacial score (nSPS) is 16.4. The predicted octanol–water partition coefficient (Wildman–Crippen LogP) is 2.72. The van der Waals surface area contributed by atoms with E-state index in [4.69, 9.17) is 4.74 Å². The van der Waals surface area contributed by atoms with Crippen molar-refractivity contribution < 1.29 is 14.6 Å². The van der Waals surface area contributed by atoms with Crippen molar-refractivity contribution in [2.45, 2.75) is 19.4 Å². The van der Waals surface area contributed by atoms with Gasteiger partial charge in [-0.05, 0) is 51.0 Å². The quantitative estimate of drug-likeness (QED) is 0.919. The Balaban J connectivity index is 1.77. The fraction of sp³-hybridized carbons (Fsp3) is 0.412. The summed E-state index contributed by atoms with van der Waals surface area (Å²) in [4.78, 5) is 13.9. The van der Waals surface area contributed by atoms with Crippen LogP contribution in [0.5, 0.6) is 11.5 Å². The summed E-state index contributed by atoms with van der Waals surface area (Å²) in [6.07, 6.45) is 3.61. The summed E-state index contributed by atoms with van der Waals surface area (Å²) in [5.41, 5.74) is 0.118. The van der Waals surface area contributed by atoms with Crippen LogP contribution in [-0.4, -0.2) is 45.9 Å². The maximum absolute atomic E-state index is 11.6. The van der Waals surface area contributed by atoms with Crippen LogP contribution in [0.25, 0.3) is 0 Å². The number of carboxylic acids is 1. The number of hydrogen-bond acceptors (Lipinski definition) is 4. The molecule has 2 aromatic rings. The molecule has 1 aromatic carbocycles. The van der Waals surface area contributed by atoms with Gasteiger partial charge >= 0.3 is 5.97 Å². The smallest absolute Gasteiger partial charge is 0.358 e. The maximum Gasteiger partial charge on any atom is 0.358 e. The largest absolute Gasteiger partial charge is 0.476 e. The molecule has 1 aliphatic heterocycles. The SMILES string of the molecule is CN1CCC(Cn2ncc(Oc3ccccc3)c2C(=O)O)CC1. The number of aromatic carboxylic acids is 1. The molecule has 0 aliphatic carbocycles. The molecule has 0 spiro atoms. The number of rotatable bonds is 5. The highest BCUT2D eigenvalue weighted by Crippen LogP contribution is 2.27. The topological polar surface area (TPSA) is 67.6 Å². The first-order valence-electron chi connectivity index (χ1n) is 7.84. The van der Waals surface area contributed by atoms with E-state index in [1.807, 2.05) is 18.2 Å². The number of hydrogen-bond donors (Lipinski definition) is 1. The Labute approximate surface area is 135 Å². The van der Waals surface area contributed by atoms with Crippen LogP contribution >= 0.6 is 0 Å². The summed E-state index contributed by atoms with van der Waals surface area (Å²) < 4.78 is 7.25. The Morgan fingerprint density at radius 1 is 1.30 bits per heavy atom. The second kappa shape index (κ2) is 6.83. The number of likely N-dealkylation sites (tertiary alicyclic amines) is 1. The van der Waals surface area contributed by atoms with Gasteiger partial charge in [-0.2, -0.15) is 5.10 Å². The lowest BCUT2D eigenvalue weighted by atomic mass is 9.97. The van der Waals surface area contributed by atoms with Crippen LogP contribution in [0.4, 0.5) is 0 Å². The van der Waals surface area contributed by atoms with E-state index < -0.39 is 5.97 Å². The number of nitrogens with zero attached hydrogens (tertiary/aromatic N) is 3. The third-order valence-electron chi connectivity index (χ3n) is 4.25. The van der Waals surface area contributed by atoms with E-state index in [1.165, 1.54) is 6.20 Å². The summed E-state index contributed by atoms with van der Waals surface area (Å²) in [6.45, 7) is 2.71. The van der Waals surface area contributed by atoms with Gasteiger partial charge in [0.05, 0.1) is 6.20 Å². The number of carboxylic acid groups (broad SMARTS) is 1. The molecule has 0 unspecified atom stereocenters. The Morgan fingerprint density at radius 3 is 2.65 bits per heavy atom. The molecule has 1 N–H and O–H groups in total. The molecule has 122 valence electrons. The molecule has 23 heavy (non-hydrogen) atoms. The second-order valence-corrected chi connectivity index (χ2v) is 6.01. The molecule has 0 saturated carbocycles. The number of benzene rings is 1. The van der Waals surface area contributed by atoms with Crippen molar-refractivity contribution in [2.24, 2.45) is 5.92 Å². The number of aromatic nitrogens is 2. The molecule has 1 saturated heterocycles. The van der Waals surface area contributed by atoms with Gasteiger partial charge in [-0.25, -0.2) is 4.79 Å². The molecule has 0 amide bonds. The second-order valence-electron chi connectivity index (χ2n) is 6.01. The van der Waals surface area contributed by atoms with Gasteiger partial charge in [0.25, 0.3) is 0 Å². The van der Waals surface area contributed by atoms with E-state index >= 15 is 0 Å². The lowest BCUT2D eigenvalue weighted by Crippen LogP contribution is -2.32. The molecule has 6 nitrogen and oxygen atoms in total. The zero-order valence-corrected chi connectivity index (χ0v) is 13.2. The first kappa shape index (κ1) is 15.6. The van der Waals surface area contributed by atoms with Crippen LogP contribution in [-0.2, 0) is 6.54 Å². The molecule has 0 atom stereocenters. The minimum absolute atomic E-state index is 0.118.